The molecule has 0 spiro atoms. The van der Waals surface area contributed by atoms with Crippen LogP contribution in [-0.2, 0) is 36.8 Å². The number of aliphatic imine (C=N–C) groups is 1. The molecule has 0 bridgehead atoms. The van der Waals surface area contributed by atoms with Crippen LogP contribution < -0.4 is 38.9 Å². The maximum Gasteiger partial charge on any atom is 0.326 e. The van der Waals surface area contributed by atoms with Crippen LogP contribution in [0.1, 0.15) is 30.4 Å². The maximum absolute atomic E-state index is 13.4. The second-order valence-electron chi connectivity index (χ2n) is 9.63. The number of hydrogen-bond donors (Lipinski definition) is 8. The van der Waals surface area contributed by atoms with E-state index in [1.807, 2.05) is 0 Å². The van der Waals surface area contributed by atoms with Crippen LogP contribution in [-0.4, -0.2) is 71.4 Å². The Morgan fingerprint density at radius 3 is 1.69 bits per heavy atom. The number of hydrogen-bond acceptors (Lipinski definition) is 7. The summed E-state index contributed by atoms with van der Waals surface area (Å²) in [5.74, 6) is -4.64. The molecule has 0 saturated carbocycles. The molecule has 0 aliphatic carbocycles. The normalized spacial score (nSPS) is 13.5. The lowest BCUT2D eigenvalue weighted by molar-refractivity contribution is -0.142. The molecule has 0 aliphatic rings. The molecule has 2 aromatic carbocycles. The first-order chi connectivity index (χ1) is 20.0. The third kappa shape index (κ3) is 12.0. The summed E-state index contributed by atoms with van der Waals surface area (Å²) in [5, 5.41) is 17.1. The van der Waals surface area contributed by atoms with E-state index in [1.165, 1.54) is 0 Å². The van der Waals surface area contributed by atoms with Crippen molar-refractivity contribution in [2.24, 2.45) is 27.9 Å². The molecular weight excluding hydrogens is 544 g/mol. The van der Waals surface area contributed by atoms with Gasteiger partial charge in [-0.05, 0) is 24.0 Å². The van der Waals surface area contributed by atoms with Gasteiger partial charge in [0, 0.05) is 19.4 Å². The van der Waals surface area contributed by atoms with Crippen molar-refractivity contribution >= 4 is 35.6 Å². The number of guanidine groups is 1. The van der Waals surface area contributed by atoms with Gasteiger partial charge in [-0.3, -0.25) is 24.2 Å². The topological polar surface area (TPSA) is 258 Å². The fourth-order valence-corrected chi connectivity index (χ4v) is 3.99. The van der Waals surface area contributed by atoms with E-state index in [4.69, 9.17) is 22.9 Å². The Morgan fingerprint density at radius 1 is 0.714 bits per heavy atom. The van der Waals surface area contributed by atoms with Crippen molar-refractivity contribution in [1.82, 2.24) is 16.0 Å². The van der Waals surface area contributed by atoms with Gasteiger partial charge < -0.3 is 44.0 Å². The zero-order valence-electron chi connectivity index (χ0n) is 23.1. The monoisotopic (exact) mass is 582 g/mol. The minimum absolute atomic E-state index is 0.0348. The molecule has 0 aromatic heterocycles. The Balaban J connectivity index is 2.18. The van der Waals surface area contributed by atoms with E-state index in [9.17, 15) is 29.1 Å². The molecule has 0 heterocycles. The van der Waals surface area contributed by atoms with E-state index >= 15 is 0 Å². The molecule has 2 aromatic rings. The summed E-state index contributed by atoms with van der Waals surface area (Å²) < 4.78 is 0. The number of carbonyl (C=O) groups excluding carboxylic acids is 4. The summed E-state index contributed by atoms with van der Waals surface area (Å²) in [4.78, 5) is 66.8. The summed E-state index contributed by atoms with van der Waals surface area (Å²) in [6.07, 6.45) is 0.0396. The van der Waals surface area contributed by atoms with E-state index in [0.717, 1.165) is 0 Å². The second kappa shape index (κ2) is 17.0. The predicted octanol–water partition coefficient (Wildman–Crippen LogP) is -1.73. The molecule has 42 heavy (non-hydrogen) atoms. The zero-order chi connectivity index (χ0) is 31.1. The highest BCUT2D eigenvalue weighted by Crippen LogP contribution is 2.08. The number of aliphatic carboxylic acids is 1. The van der Waals surface area contributed by atoms with Gasteiger partial charge in [0.05, 0.1) is 12.5 Å². The van der Waals surface area contributed by atoms with Crippen molar-refractivity contribution in [3.8, 4) is 0 Å². The molecule has 4 atom stereocenters. The summed E-state index contributed by atoms with van der Waals surface area (Å²) in [6, 6.07) is 12.4. The molecule has 2 rings (SSSR count). The van der Waals surface area contributed by atoms with Crippen LogP contribution in [0.3, 0.4) is 0 Å². The number of nitrogens with zero attached hydrogens (tertiary/aromatic N) is 1. The van der Waals surface area contributed by atoms with Crippen molar-refractivity contribution in [2.45, 2.75) is 56.3 Å². The number of rotatable bonds is 17. The number of carbonyl (C=O) groups is 5. The molecule has 0 saturated heterocycles. The number of nitrogens with one attached hydrogen (secondary N) is 3. The molecule has 226 valence electrons. The average molecular weight is 583 g/mol. The van der Waals surface area contributed by atoms with E-state index in [2.05, 4.69) is 20.9 Å². The van der Waals surface area contributed by atoms with Gasteiger partial charge in [-0.2, -0.15) is 0 Å². The van der Waals surface area contributed by atoms with Crippen LogP contribution in [0.4, 0.5) is 0 Å². The van der Waals surface area contributed by atoms with Gasteiger partial charge in [-0.25, -0.2) is 4.79 Å². The highest BCUT2D eigenvalue weighted by Gasteiger charge is 2.31. The molecule has 12 N–H and O–H groups in total. The third-order valence-corrected chi connectivity index (χ3v) is 6.16. The van der Waals surface area contributed by atoms with Crippen molar-refractivity contribution < 1.29 is 29.1 Å². The summed E-state index contributed by atoms with van der Waals surface area (Å²) in [5.41, 5.74) is 23.3. The van der Waals surface area contributed by atoms with Gasteiger partial charge >= 0.3 is 5.97 Å². The van der Waals surface area contributed by atoms with E-state index in [1.54, 1.807) is 60.7 Å². The van der Waals surface area contributed by atoms with Crippen molar-refractivity contribution in [2.75, 3.05) is 6.54 Å². The summed E-state index contributed by atoms with van der Waals surface area (Å²) in [7, 11) is 0. The smallest absolute Gasteiger partial charge is 0.326 e. The van der Waals surface area contributed by atoms with Crippen molar-refractivity contribution in [3.63, 3.8) is 0 Å². The number of nitrogens with two attached hydrogens (primary N) is 4. The van der Waals surface area contributed by atoms with E-state index in [0.29, 0.717) is 17.5 Å². The Morgan fingerprint density at radius 2 is 1.19 bits per heavy atom. The SMILES string of the molecule is NC(=O)CC(NC(=O)C(Cc1ccccc1)NC(=O)C(N)CCCN=C(N)N)C(=O)NC(Cc1ccccc1)C(=O)O. The Kier molecular flexibility index (Phi) is 13.4. The zero-order valence-corrected chi connectivity index (χ0v) is 23.1. The average Bonchev–Trinajstić information content (AvgIpc) is 2.94. The molecule has 0 fully saturated rings. The Labute approximate surface area is 243 Å². The molecule has 0 radical (unpaired) electrons. The molecule has 14 heteroatoms. The lowest BCUT2D eigenvalue weighted by atomic mass is 10.0. The molecular formula is C28H38N8O6. The van der Waals surface area contributed by atoms with Crippen LogP contribution in [0.25, 0.3) is 0 Å². The summed E-state index contributed by atoms with van der Waals surface area (Å²) >= 11 is 0. The van der Waals surface area contributed by atoms with Crippen molar-refractivity contribution in [1.29, 1.82) is 0 Å². The lowest BCUT2D eigenvalue weighted by Crippen LogP contribution is -2.58. The number of carboxylic acid groups (broad SMARTS) is 1. The quantitative estimate of drug-likeness (QED) is 0.0597. The highest BCUT2D eigenvalue weighted by molar-refractivity contribution is 5.96. The van der Waals surface area contributed by atoms with Crippen LogP contribution in [0.2, 0.25) is 0 Å². The standard InChI is InChI=1S/C28H38N8O6/c29-19(12-7-13-33-28(31)32)24(38)34-20(14-17-8-3-1-4-9-17)25(39)35-21(16-23(30)37)26(40)36-22(27(41)42)15-18-10-5-2-6-11-18/h1-6,8-11,19-22H,7,12-16,29H2,(H2,30,37)(H,34,38)(H,35,39)(H,36,40)(H,41,42)(H4,31,32,33). The highest BCUT2D eigenvalue weighted by atomic mass is 16.4. The van der Waals surface area contributed by atoms with Crippen molar-refractivity contribution in [3.05, 3.63) is 71.8 Å². The van der Waals surface area contributed by atoms with Gasteiger partial charge in [0.1, 0.15) is 18.1 Å². The fraction of sp³-hybridized carbons (Fsp3) is 0.357. The Hall–Kier alpha value is -4.98. The largest absolute Gasteiger partial charge is 0.480 e. The predicted molar refractivity (Wildman–Crippen MR) is 155 cm³/mol. The molecule has 0 aliphatic heterocycles. The van der Waals surface area contributed by atoms with Crippen LogP contribution in [0, 0.1) is 0 Å². The number of carboxylic acids is 1. The fourth-order valence-electron chi connectivity index (χ4n) is 3.99. The molecule has 4 unspecified atom stereocenters. The van der Waals surface area contributed by atoms with Gasteiger partial charge in [0.15, 0.2) is 5.96 Å². The van der Waals surface area contributed by atoms with Gasteiger partial charge in [-0.15, -0.1) is 0 Å². The van der Waals surface area contributed by atoms with Crippen LogP contribution in [0.5, 0.6) is 0 Å². The minimum atomic E-state index is -1.50. The van der Waals surface area contributed by atoms with E-state index in [-0.39, 0.29) is 31.8 Å². The number of benzene rings is 2. The lowest BCUT2D eigenvalue weighted by Gasteiger charge is -2.25. The van der Waals surface area contributed by atoms with Gasteiger partial charge in [0.25, 0.3) is 0 Å². The first-order valence-electron chi connectivity index (χ1n) is 13.3. The molecule has 14 nitrogen and oxygen atoms in total. The second-order valence-corrected chi connectivity index (χ2v) is 9.63. The minimum Gasteiger partial charge on any atom is -0.480 e. The Bertz CT molecular complexity index is 1240. The first kappa shape index (κ1) is 33.2. The number of primary amides is 1. The van der Waals surface area contributed by atoms with Crippen LogP contribution in [0.15, 0.2) is 65.7 Å². The van der Waals surface area contributed by atoms with Gasteiger partial charge in [0.2, 0.25) is 23.6 Å². The molecule has 4 amide bonds. The summed E-state index contributed by atoms with van der Waals surface area (Å²) in [6.45, 7) is 0.267. The van der Waals surface area contributed by atoms with Crippen LogP contribution >= 0.6 is 0 Å². The first-order valence-corrected chi connectivity index (χ1v) is 13.3. The van der Waals surface area contributed by atoms with E-state index < -0.39 is 60.2 Å². The van der Waals surface area contributed by atoms with Gasteiger partial charge in [-0.1, -0.05) is 60.7 Å². The number of amides is 4. The maximum atomic E-state index is 13.4. The third-order valence-electron chi connectivity index (χ3n) is 6.16.